The molecule has 0 heterocycles. The molecular weight excluding hydrogens is 448 g/mol. The summed E-state index contributed by atoms with van der Waals surface area (Å²) in [5.41, 5.74) is 2.13. The van der Waals surface area contributed by atoms with Gasteiger partial charge in [-0.05, 0) is 59.5 Å². The van der Waals surface area contributed by atoms with E-state index in [1.807, 2.05) is 75.4 Å². The van der Waals surface area contributed by atoms with Gasteiger partial charge in [0.2, 0.25) is 11.8 Å². The molecule has 3 N–H and O–H groups in total. The van der Waals surface area contributed by atoms with Crippen LogP contribution in [0, 0.1) is 5.41 Å². The molecule has 6 nitrogen and oxygen atoms in total. The van der Waals surface area contributed by atoms with Gasteiger partial charge in [0.25, 0.3) is 0 Å². The van der Waals surface area contributed by atoms with Gasteiger partial charge in [-0.3, -0.25) is 9.59 Å². The van der Waals surface area contributed by atoms with Crippen LogP contribution in [0.25, 0.3) is 0 Å². The molecule has 0 radical (unpaired) electrons. The van der Waals surface area contributed by atoms with Gasteiger partial charge >= 0.3 is 5.97 Å². The van der Waals surface area contributed by atoms with Crippen LogP contribution in [-0.2, 0) is 9.59 Å². The maximum Gasteiger partial charge on any atom is 0.335 e. The standard InChI is InChI=1S/C27H28N2O4S/c1-27(2,3)17-23(30)28-20-13-15-22(16-14-20)34-24(18-7-5-4-6-8-18)25(31)29-21-11-9-19(10-12-21)26(32)33/h4-16,24H,17H2,1-3H3,(H,28,30)(H,29,31)(H,32,33). The molecule has 0 saturated heterocycles. The van der Waals surface area contributed by atoms with Gasteiger partial charge in [0.05, 0.1) is 5.56 Å². The highest BCUT2D eigenvalue weighted by Crippen LogP contribution is 2.36. The summed E-state index contributed by atoms with van der Waals surface area (Å²) in [6.07, 6.45) is 0.424. The van der Waals surface area contributed by atoms with Gasteiger partial charge in [-0.1, -0.05) is 51.1 Å². The molecule has 1 atom stereocenters. The van der Waals surface area contributed by atoms with E-state index >= 15 is 0 Å². The van der Waals surface area contributed by atoms with E-state index in [9.17, 15) is 14.4 Å². The van der Waals surface area contributed by atoms with Gasteiger partial charge in [0, 0.05) is 22.7 Å². The number of carboxylic acid groups (broad SMARTS) is 1. The minimum absolute atomic E-state index is 0.0386. The van der Waals surface area contributed by atoms with Crippen LogP contribution in [0.5, 0.6) is 0 Å². The van der Waals surface area contributed by atoms with E-state index in [4.69, 9.17) is 5.11 Å². The zero-order valence-electron chi connectivity index (χ0n) is 19.4. The minimum Gasteiger partial charge on any atom is -0.478 e. The second kappa shape index (κ2) is 11.0. The van der Waals surface area contributed by atoms with E-state index in [2.05, 4.69) is 10.6 Å². The van der Waals surface area contributed by atoms with Gasteiger partial charge in [0.15, 0.2) is 0 Å². The van der Waals surface area contributed by atoms with E-state index < -0.39 is 11.2 Å². The third-order valence-corrected chi connectivity index (χ3v) is 6.09. The van der Waals surface area contributed by atoms with E-state index in [1.165, 1.54) is 23.9 Å². The molecule has 0 aromatic heterocycles. The number of anilines is 2. The number of hydrogen-bond acceptors (Lipinski definition) is 4. The molecule has 7 heteroatoms. The van der Waals surface area contributed by atoms with Crippen LogP contribution >= 0.6 is 11.8 Å². The molecule has 0 fully saturated rings. The second-order valence-corrected chi connectivity index (χ2v) is 10.3. The molecule has 0 aliphatic heterocycles. The highest BCUT2D eigenvalue weighted by molar-refractivity contribution is 8.00. The number of carboxylic acids is 1. The molecule has 176 valence electrons. The number of hydrogen-bond donors (Lipinski definition) is 3. The van der Waals surface area contributed by atoms with Crippen molar-refractivity contribution in [3.63, 3.8) is 0 Å². The van der Waals surface area contributed by atoms with Crippen molar-refractivity contribution in [1.82, 2.24) is 0 Å². The quantitative estimate of drug-likeness (QED) is 0.335. The van der Waals surface area contributed by atoms with Crippen LogP contribution in [0.2, 0.25) is 0 Å². The summed E-state index contributed by atoms with van der Waals surface area (Å²) < 4.78 is 0. The molecule has 1 unspecified atom stereocenters. The lowest BCUT2D eigenvalue weighted by atomic mass is 9.92. The zero-order chi connectivity index (χ0) is 24.7. The highest BCUT2D eigenvalue weighted by atomic mass is 32.2. The maximum absolute atomic E-state index is 13.2. The largest absolute Gasteiger partial charge is 0.478 e. The Balaban J connectivity index is 1.73. The van der Waals surface area contributed by atoms with Crippen molar-refractivity contribution in [3.05, 3.63) is 90.0 Å². The summed E-state index contributed by atoms with van der Waals surface area (Å²) in [6.45, 7) is 6.05. The summed E-state index contributed by atoms with van der Waals surface area (Å²) in [4.78, 5) is 37.3. The van der Waals surface area contributed by atoms with Crippen LogP contribution in [0.3, 0.4) is 0 Å². The highest BCUT2D eigenvalue weighted by Gasteiger charge is 2.22. The molecule has 0 aliphatic rings. The summed E-state index contributed by atoms with van der Waals surface area (Å²) in [7, 11) is 0. The average molecular weight is 477 g/mol. The average Bonchev–Trinajstić information content (AvgIpc) is 2.78. The summed E-state index contributed by atoms with van der Waals surface area (Å²) in [5.74, 6) is -1.28. The Bertz CT molecular complexity index is 1140. The minimum atomic E-state index is -1.02. The first-order chi connectivity index (χ1) is 16.1. The molecule has 2 amide bonds. The second-order valence-electron chi connectivity index (χ2n) is 9.09. The monoisotopic (exact) mass is 476 g/mol. The summed E-state index contributed by atoms with van der Waals surface area (Å²) in [6, 6.07) is 22.9. The molecule has 34 heavy (non-hydrogen) atoms. The Morgan fingerprint density at radius 1 is 0.824 bits per heavy atom. The van der Waals surface area contributed by atoms with E-state index in [1.54, 1.807) is 12.1 Å². The number of carbonyl (C=O) groups excluding carboxylic acids is 2. The molecule has 0 saturated carbocycles. The number of benzene rings is 3. The molecule has 0 bridgehead atoms. The predicted octanol–water partition coefficient (Wildman–Crippen LogP) is 6.23. The van der Waals surface area contributed by atoms with Crippen molar-refractivity contribution < 1.29 is 19.5 Å². The van der Waals surface area contributed by atoms with Gasteiger partial charge in [-0.15, -0.1) is 11.8 Å². The van der Waals surface area contributed by atoms with E-state index in [0.29, 0.717) is 17.8 Å². The molecule has 3 aromatic rings. The fourth-order valence-corrected chi connectivity index (χ4v) is 4.27. The Morgan fingerprint density at radius 2 is 1.38 bits per heavy atom. The van der Waals surface area contributed by atoms with Crippen LogP contribution in [0.15, 0.2) is 83.8 Å². The number of nitrogens with one attached hydrogen (secondary N) is 2. The van der Waals surface area contributed by atoms with Crippen LogP contribution in [-0.4, -0.2) is 22.9 Å². The fraction of sp³-hybridized carbons (Fsp3) is 0.222. The van der Waals surface area contributed by atoms with Crippen molar-refractivity contribution in [2.75, 3.05) is 10.6 Å². The van der Waals surface area contributed by atoms with Crippen molar-refractivity contribution in [1.29, 1.82) is 0 Å². The first kappa shape index (κ1) is 25.1. The third-order valence-electron chi connectivity index (χ3n) is 4.82. The lowest BCUT2D eigenvalue weighted by Gasteiger charge is -2.18. The molecule has 0 spiro atoms. The zero-order valence-corrected chi connectivity index (χ0v) is 20.2. The van der Waals surface area contributed by atoms with Gasteiger partial charge in [0.1, 0.15) is 5.25 Å². The summed E-state index contributed by atoms with van der Waals surface area (Å²) >= 11 is 1.40. The number of rotatable bonds is 8. The van der Waals surface area contributed by atoms with Crippen molar-refractivity contribution >= 4 is 40.9 Å². The fourth-order valence-electron chi connectivity index (χ4n) is 3.24. The van der Waals surface area contributed by atoms with Crippen LogP contribution in [0.4, 0.5) is 11.4 Å². The topological polar surface area (TPSA) is 95.5 Å². The Hall–Kier alpha value is -3.58. The first-order valence-electron chi connectivity index (χ1n) is 10.9. The Kier molecular flexibility index (Phi) is 8.12. The summed E-state index contributed by atoms with van der Waals surface area (Å²) in [5, 5.41) is 14.3. The molecular formula is C27H28N2O4S. The SMILES string of the molecule is CC(C)(C)CC(=O)Nc1ccc(SC(C(=O)Nc2ccc(C(=O)O)cc2)c2ccccc2)cc1. The van der Waals surface area contributed by atoms with E-state index in [-0.39, 0.29) is 22.8 Å². The normalized spacial score (nSPS) is 12.0. The molecule has 0 aliphatic carbocycles. The lowest BCUT2D eigenvalue weighted by molar-refractivity contribution is -0.118. The number of aromatic carboxylic acids is 1. The number of carbonyl (C=O) groups is 3. The Labute approximate surface area is 203 Å². The van der Waals surface area contributed by atoms with Crippen LogP contribution in [0.1, 0.15) is 48.4 Å². The number of amides is 2. The van der Waals surface area contributed by atoms with Gasteiger partial charge in [-0.2, -0.15) is 0 Å². The van der Waals surface area contributed by atoms with Crippen molar-refractivity contribution in [2.45, 2.75) is 37.3 Å². The van der Waals surface area contributed by atoms with Gasteiger partial charge in [-0.25, -0.2) is 4.79 Å². The lowest BCUT2D eigenvalue weighted by Crippen LogP contribution is -2.19. The van der Waals surface area contributed by atoms with Crippen molar-refractivity contribution in [2.24, 2.45) is 5.41 Å². The molecule has 3 rings (SSSR count). The van der Waals surface area contributed by atoms with Crippen LogP contribution < -0.4 is 10.6 Å². The van der Waals surface area contributed by atoms with E-state index in [0.717, 1.165) is 10.5 Å². The Morgan fingerprint density at radius 3 is 1.94 bits per heavy atom. The molecule has 3 aromatic carbocycles. The smallest absolute Gasteiger partial charge is 0.335 e. The first-order valence-corrected chi connectivity index (χ1v) is 11.7. The number of thioether (sulfide) groups is 1. The van der Waals surface area contributed by atoms with Gasteiger partial charge < -0.3 is 15.7 Å². The third kappa shape index (κ3) is 7.49. The predicted molar refractivity (Wildman–Crippen MR) is 136 cm³/mol. The van der Waals surface area contributed by atoms with Crippen molar-refractivity contribution in [3.8, 4) is 0 Å². The maximum atomic E-state index is 13.2.